The summed E-state index contributed by atoms with van der Waals surface area (Å²) in [5, 5.41) is 13.7. The van der Waals surface area contributed by atoms with E-state index in [0.29, 0.717) is 49.3 Å². The Labute approximate surface area is 197 Å². The molecule has 2 fully saturated rings. The molecule has 1 atom stereocenters. The van der Waals surface area contributed by atoms with E-state index in [1.165, 1.54) is 4.90 Å². The lowest BCUT2D eigenvalue weighted by atomic mass is 9.87. The lowest BCUT2D eigenvalue weighted by molar-refractivity contribution is -0.136. The maximum absolute atomic E-state index is 12.9. The number of likely N-dealkylation sites (tertiary alicyclic amines) is 1. The van der Waals surface area contributed by atoms with Gasteiger partial charge in [0.1, 0.15) is 17.4 Å². The summed E-state index contributed by atoms with van der Waals surface area (Å²) in [4.78, 5) is 45.0. The highest BCUT2D eigenvalue weighted by Crippen LogP contribution is 2.35. The van der Waals surface area contributed by atoms with Crippen molar-refractivity contribution in [2.24, 2.45) is 0 Å². The number of ether oxygens (including phenoxy) is 1. The molecule has 178 valence electrons. The standard InChI is InChI=1S/C25H28N4O5/c1-34-17-4-2-3-16(13-17)14-28-11-9-25(33,10-12-28)21-7-5-18-19(26-21)15-29(24(18)32)20-6-8-22(30)27-23(20)31/h2-5,7,13,20,33H,6,8-12,14-15H2,1H3,(H,27,30,31). The van der Waals surface area contributed by atoms with Crippen LogP contribution in [0.15, 0.2) is 36.4 Å². The Balaban J connectivity index is 1.26. The minimum Gasteiger partial charge on any atom is -0.497 e. The Kier molecular flexibility index (Phi) is 5.83. The van der Waals surface area contributed by atoms with E-state index in [-0.39, 0.29) is 24.8 Å². The molecule has 2 saturated heterocycles. The van der Waals surface area contributed by atoms with E-state index in [1.807, 2.05) is 18.2 Å². The van der Waals surface area contributed by atoms with Crippen molar-refractivity contribution in [3.63, 3.8) is 0 Å². The van der Waals surface area contributed by atoms with Gasteiger partial charge in [-0.3, -0.25) is 29.6 Å². The fourth-order valence-corrected chi connectivity index (χ4v) is 5.06. The molecule has 5 rings (SSSR count). The van der Waals surface area contributed by atoms with Gasteiger partial charge in [-0.25, -0.2) is 0 Å². The Morgan fingerprint density at radius 3 is 2.71 bits per heavy atom. The average molecular weight is 465 g/mol. The van der Waals surface area contributed by atoms with Crippen LogP contribution in [0.5, 0.6) is 5.75 Å². The molecule has 0 spiro atoms. The molecular formula is C25H28N4O5. The van der Waals surface area contributed by atoms with Gasteiger partial charge in [-0.1, -0.05) is 12.1 Å². The van der Waals surface area contributed by atoms with Gasteiger partial charge in [-0.2, -0.15) is 0 Å². The van der Waals surface area contributed by atoms with Crippen LogP contribution in [0, 0.1) is 0 Å². The SMILES string of the molecule is COc1cccc(CN2CCC(O)(c3ccc4c(n3)CN(C3CCC(=O)NC3=O)C4=O)CC2)c1. The summed E-state index contributed by atoms with van der Waals surface area (Å²) < 4.78 is 5.30. The van der Waals surface area contributed by atoms with Crippen LogP contribution in [0.4, 0.5) is 0 Å². The van der Waals surface area contributed by atoms with E-state index in [2.05, 4.69) is 21.3 Å². The lowest BCUT2D eigenvalue weighted by Gasteiger charge is -2.38. The summed E-state index contributed by atoms with van der Waals surface area (Å²) in [5.74, 6) is -0.191. The monoisotopic (exact) mass is 464 g/mol. The van der Waals surface area contributed by atoms with Gasteiger partial charge in [0.05, 0.1) is 30.6 Å². The number of carbonyl (C=O) groups is 3. The van der Waals surface area contributed by atoms with Crippen molar-refractivity contribution >= 4 is 17.7 Å². The fraction of sp³-hybridized carbons (Fsp3) is 0.440. The van der Waals surface area contributed by atoms with E-state index in [0.717, 1.165) is 17.9 Å². The smallest absolute Gasteiger partial charge is 0.256 e. The van der Waals surface area contributed by atoms with Gasteiger partial charge in [0, 0.05) is 26.1 Å². The van der Waals surface area contributed by atoms with E-state index in [1.54, 1.807) is 19.2 Å². The number of nitrogens with one attached hydrogen (secondary N) is 1. The van der Waals surface area contributed by atoms with Gasteiger partial charge in [-0.15, -0.1) is 0 Å². The number of pyridine rings is 1. The highest BCUT2D eigenvalue weighted by atomic mass is 16.5. The number of amides is 3. The molecule has 0 bridgehead atoms. The number of rotatable bonds is 5. The van der Waals surface area contributed by atoms with Crippen LogP contribution in [0.3, 0.4) is 0 Å². The van der Waals surface area contributed by atoms with Crippen LogP contribution in [0.25, 0.3) is 0 Å². The number of hydrogen-bond acceptors (Lipinski definition) is 7. The second kappa shape index (κ2) is 8.81. The van der Waals surface area contributed by atoms with Gasteiger partial charge in [-0.05, 0) is 49.1 Å². The molecule has 3 aliphatic rings. The Hall–Kier alpha value is -3.30. The molecule has 9 nitrogen and oxygen atoms in total. The topological polar surface area (TPSA) is 112 Å². The zero-order valence-electron chi connectivity index (χ0n) is 19.1. The molecular weight excluding hydrogens is 436 g/mol. The fourth-order valence-electron chi connectivity index (χ4n) is 5.06. The van der Waals surface area contributed by atoms with Crippen molar-refractivity contribution in [2.75, 3.05) is 20.2 Å². The molecule has 2 N–H and O–H groups in total. The number of hydrogen-bond donors (Lipinski definition) is 2. The predicted molar refractivity (Wildman–Crippen MR) is 122 cm³/mol. The second-order valence-electron chi connectivity index (χ2n) is 9.25. The number of aromatic nitrogens is 1. The number of aliphatic hydroxyl groups is 1. The zero-order valence-corrected chi connectivity index (χ0v) is 19.1. The largest absolute Gasteiger partial charge is 0.497 e. The van der Waals surface area contributed by atoms with Crippen LogP contribution in [0.2, 0.25) is 0 Å². The van der Waals surface area contributed by atoms with Crippen molar-refractivity contribution in [2.45, 2.75) is 50.4 Å². The summed E-state index contributed by atoms with van der Waals surface area (Å²) in [6.45, 7) is 2.41. The number of nitrogens with zero attached hydrogens (tertiary/aromatic N) is 3. The summed E-state index contributed by atoms with van der Waals surface area (Å²) in [7, 11) is 1.65. The van der Waals surface area contributed by atoms with Gasteiger partial charge in [0.25, 0.3) is 5.91 Å². The summed E-state index contributed by atoms with van der Waals surface area (Å²) in [6, 6.07) is 10.7. The van der Waals surface area contributed by atoms with E-state index in [9.17, 15) is 19.5 Å². The van der Waals surface area contributed by atoms with Gasteiger partial charge in [0.2, 0.25) is 11.8 Å². The van der Waals surface area contributed by atoms with Crippen LogP contribution >= 0.6 is 0 Å². The second-order valence-corrected chi connectivity index (χ2v) is 9.25. The number of carbonyl (C=O) groups excluding carboxylic acids is 3. The number of imide groups is 1. The first-order chi connectivity index (χ1) is 16.4. The van der Waals surface area contributed by atoms with Crippen molar-refractivity contribution in [3.05, 3.63) is 58.9 Å². The number of benzene rings is 1. The molecule has 3 amide bonds. The molecule has 4 heterocycles. The Bertz CT molecular complexity index is 1140. The molecule has 1 aromatic heterocycles. The Morgan fingerprint density at radius 2 is 1.97 bits per heavy atom. The minimum absolute atomic E-state index is 0.201. The van der Waals surface area contributed by atoms with Crippen LogP contribution in [0.1, 0.15) is 53.0 Å². The Morgan fingerprint density at radius 1 is 1.18 bits per heavy atom. The molecule has 0 saturated carbocycles. The first-order valence-corrected chi connectivity index (χ1v) is 11.6. The van der Waals surface area contributed by atoms with Crippen LogP contribution in [-0.2, 0) is 28.3 Å². The quantitative estimate of drug-likeness (QED) is 0.642. The zero-order chi connectivity index (χ0) is 23.9. The first kappa shape index (κ1) is 22.5. The molecule has 2 aromatic rings. The molecule has 0 radical (unpaired) electrons. The molecule has 34 heavy (non-hydrogen) atoms. The normalized spacial score (nSPS) is 22.5. The van der Waals surface area contributed by atoms with Crippen LogP contribution < -0.4 is 10.1 Å². The molecule has 9 heteroatoms. The summed E-state index contributed by atoms with van der Waals surface area (Å²) in [6.07, 6.45) is 1.59. The van der Waals surface area contributed by atoms with E-state index < -0.39 is 17.6 Å². The lowest BCUT2D eigenvalue weighted by Crippen LogP contribution is -2.52. The highest BCUT2D eigenvalue weighted by molar-refractivity contribution is 6.05. The maximum atomic E-state index is 12.9. The highest BCUT2D eigenvalue weighted by Gasteiger charge is 2.41. The first-order valence-electron chi connectivity index (χ1n) is 11.6. The predicted octanol–water partition coefficient (Wildman–Crippen LogP) is 1.33. The van der Waals surface area contributed by atoms with Gasteiger partial charge < -0.3 is 14.7 Å². The third-order valence-electron chi connectivity index (χ3n) is 7.07. The van der Waals surface area contributed by atoms with E-state index in [4.69, 9.17) is 4.74 Å². The van der Waals surface area contributed by atoms with Gasteiger partial charge >= 0.3 is 0 Å². The number of fused-ring (bicyclic) bond motifs is 1. The van der Waals surface area contributed by atoms with Crippen molar-refractivity contribution in [1.82, 2.24) is 20.1 Å². The maximum Gasteiger partial charge on any atom is 0.256 e. The van der Waals surface area contributed by atoms with Crippen molar-refractivity contribution < 1.29 is 24.2 Å². The van der Waals surface area contributed by atoms with E-state index >= 15 is 0 Å². The van der Waals surface area contributed by atoms with Crippen molar-refractivity contribution in [1.29, 1.82) is 0 Å². The van der Waals surface area contributed by atoms with Gasteiger partial charge in [0.15, 0.2) is 0 Å². The van der Waals surface area contributed by atoms with Crippen LogP contribution in [-0.4, -0.2) is 63.9 Å². The molecule has 1 aromatic carbocycles. The molecule has 1 unspecified atom stereocenters. The third-order valence-corrected chi connectivity index (χ3v) is 7.07. The summed E-state index contributed by atoms with van der Waals surface area (Å²) in [5.41, 5.74) is 1.68. The molecule has 3 aliphatic heterocycles. The minimum atomic E-state index is -1.06. The number of piperidine rings is 2. The average Bonchev–Trinajstić information content (AvgIpc) is 3.16. The number of methoxy groups -OCH3 is 1. The summed E-state index contributed by atoms with van der Waals surface area (Å²) >= 11 is 0. The van der Waals surface area contributed by atoms with Crippen molar-refractivity contribution in [3.8, 4) is 5.75 Å². The third kappa shape index (κ3) is 4.17. The molecule has 0 aliphatic carbocycles.